The minimum atomic E-state index is -0.104. The number of aromatic amines is 1. The smallest absolute Gasteiger partial charge is 0.259 e. The topological polar surface area (TPSA) is 46.0 Å². The van der Waals surface area contributed by atoms with E-state index >= 15 is 0 Å². The maximum absolute atomic E-state index is 11.5. The molecular weight excluding hydrogens is 178 g/mol. The highest BCUT2D eigenvalue weighted by Crippen LogP contribution is 2.24. The first kappa shape index (κ1) is 7.38. The van der Waals surface area contributed by atoms with Crippen LogP contribution in [0, 0.1) is 0 Å². The summed E-state index contributed by atoms with van der Waals surface area (Å²) in [4.78, 5) is 14.2. The van der Waals surface area contributed by atoms with E-state index in [1.165, 1.54) is 0 Å². The Morgan fingerprint density at radius 2 is 1.93 bits per heavy atom. The molecule has 0 atom stereocenters. The molecule has 0 saturated carbocycles. The van der Waals surface area contributed by atoms with E-state index in [1.807, 2.05) is 24.3 Å². The summed E-state index contributed by atoms with van der Waals surface area (Å²) in [6, 6.07) is 9.28. The van der Waals surface area contributed by atoms with Crippen molar-refractivity contribution in [2.24, 2.45) is 0 Å². The fourth-order valence-corrected chi connectivity index (χ4v) is 1.68. The summed E-state index contributed by atoms with van der Waals surface area (Å²) in [5, 5.41) is 1.49. The number of aromatic nitrogens is 1. The molecule has 1 aromatic carbocycles. The van der Waals surface area contributed by atoms with Gasteiger partial charge in [0, 0.05) is 11.6 Å². The molecule has 3 aromatic rings. The van der Waals surface area contributed by atoms with E-state index in [4.69, 9.17) is 4.42 Å². The van der Waals surface area contributed by atoms with Gasteiger partial charge in [-0.2, -0.15) is 0 Å². The molecule has 3 nitrogen and oxygen atoms in total. The number of benzene rings is 1. The van der Waals surface area contributed by atoms with Crippen LogP contribution in [-0.4, -0.2) is 4.98 Å². The Kier molecular flexibility index (Phi) is 1.31. The third kappa shape index (κ3) is 0.836. The van der Waals surface area contributed by atoms with Gasteiger partial charge in [-0.15, -0.1) is 0 Å². The highest BCUT2D eigenvalue weighted by Gasteiger charge is 2.07. The summed E-state index contributed by atoms with van der Waals surface area (Å²) >= 11 is 0. The average molecular weight is 185 g/mol. The van der Waals surface area contributed by atoms with Gasteiger partial charge in [-0.25, -0.2) is 0 Å². The van der Waals surface area contributed by atoms with Crippen LogP contribution in [0.15, 0.2) is 45.7 Å². The Hall–Kier alpha value is -2.03. The summed E-state index contributed by atoms with van der Waals surface area (Å²) in [6.45, 7) is 0. The molecule has 0 aliphatic heterocycles. The first-order valence-corrected chi connectivity index (χ1v) is 4.35. The summed E-state index contributed by atoms with van der Waals surface area (Å²) in [5.74, 6) is 0. The number of hydrogen-bond donors (Lipinski definition) is 1. The number of fused-ring (bicyclic) bond motifs is 3. The molecule has 0 fully saturated rings. The number of rotatable bonds is 0. The van der Waals surface area contributed by atoms with E-state index in [9.17, 15) is 4.79 Å². The Bertz CT molecular complexity index is 663. The lowest BCUT2D eigenvalue weighted by atomic mass is 10.2. The van der Waals surface area contributed by atoms with Crippen molar-refractivity contribution in [1.82, 2.24) is 4.98 Å². The van der Waals surface area contributed by atoms with Crippen molar-refractivity contribution in [2.75, 3.05) is 0 Å². The number of hydrogen-bond acceptors (Lipinski definition) is 2. The molecule has 68 valence electrons. The lowest BCUT2D eigenvalue weighted by Gasteiger charge is -1.85. The minimum Gasteiger partial charge on any atom is -0.456 e. The van der Waals surface area contributed by atoms with Crippen LogP contribution in [0.1, 0.15) is 0 Å². The zero-order chi connectivity index (χ0) is 9.54. The molecule has 0 saturated heterocycles. The number of pyridine rings is 1. The summed E-state index contributed by atoms with van der Waals surface area (Å²) in [7, 11) is 0. The number of para-hydroxylation sites is 1. The average Bonchev–Trinajstić information content (AvgIpc) is 2.57. The lowest BCUT2D eigenvalue weighted by Crippen LogP contribution is -2.02. The standard InChI is InChI=1S/C11H7NO2/c13-11-10-7-3-1-2-4-8(7)14-9(10)5-6-12-11/h1-6H,(H,12,13). The van der Waals surface area contributed by atoms with Crippen molar-refractivity contribution in [3.8, 4) is 0 Å². The van der Waals surface area contributed by atoms with Crippen LogP contribution < -0.4 is 5.56 Å². The van der Waals surface area contributed by atoms with Gasteiger partial charge in [0.1, 0.15) is 11.2 Å². The van der Waals surface area contributed by atoms with Crippen molar-refractivity contribution in [3.05, 3.63) is 46.9 Å². The molecular formula is C11H7NO2. The van der Waals surface area contributed by atoms with Gasteiger partial charge in [-0.1, -0.05) is 18.2 Å². The van der Waals surface area contributed by atoms with Gasteiger partial charge in [-0.3, -0.25) is 4.79 Å². The van der Waals surface area contributed by atoms with Crippen molar-refractivity contribution in [2.45, 2.75) is 0 Å². The Morgan fingerprint density at radius 3 is 2.86 bits per heavy atom. The Morgan fingerprint density at radius 1 is 1.07 bits per heavy atom. The monoisotopic (exact) mass is 185 g/mol. The SMILES string of the molecule is O=c1[nH]ccc2oc3ccccc3c12. The molecule has 0 amide bonds. The van der Waals surface area contributed by atoms with Gasteiger partial charge in [0.2, 0.25) is 0 Å². The third-order valence-corrected chi connectivity index (χ3v) is 2.30. The predicted octanol–water partition coefficient (Wildman–Crippen LogP) is 2.27. The first-order valence-electron chi connectivity index (χ1n) is 4.35. The summed E-state index contributed by atoms with van der Waals surface area (Å²) in [6.07, 6.45) is 1.59. The van der Waals surface area contributed by atoms with Crippen molar-refractivity contribution in [1.29, 1.82) is 0 Å². The van der Waals surface area contributed by atoms with Crippen LogP contribution in [0.4, 0.5) is 0 Å². The molecule has 14 heavy (non-hydrogen) atoms. The van der Waals surface area contributed by atoms with Gasteiger partial charge in [0.05, 0.1) is 5.39 Å². The number of nitrogens with one attached hydrogen (secondary N) is 1. The second-order valence-electron chi connectivity index (χ2n) is 3.14. The van der Waals surface area contributed by atoms with Gasteiger partial charge in [0.25, 0.3) is 5.56 Å². The van der Waals surface area contributed by atoms with E-state index < -0.39 is 0 Å². The number of H-pyrrole nitrogens is 1. The Balaban J connectivity index is 2.73. The fraction of sp³-hybridized carbons (Fsp3) is 0. The second-order valence-corrected chi connectivity index (χ2v) is 3.14. The van der Waals surface area contributed by atoms with Gasteiger partial charge < -0.3 is 9.40 Å². The third-order valence-electron chi connectivity index (χ3n) is 2.30. The first-order chi connectivity index (χ1) is 6.86. The molecule has 3 rings (SSSR count). The van der Waals surface area contributed by atoms with Crippen LogP contribution in [0.2, 0.25) is 0 Å². The van der Waals surface area contributed by atoms with Gasteiger partial charge in [-0.05, 0) is 12.1 Å². The normalized spacial score (nSPS) is 11.1. The minimum absolute atomic E-state index is 0.104. The zero-order valence-corrected chi connectivity index (χ0v) is 7.28. The summed E-state index contributed by atoms with van der Waals surface area (Å²) in [5.41, 5.74) is 1.28. The van der Waals surface area contributed by atoms with Crippen LogP contribution in [0.25, 0.3) is 21.9 Å². The van der Waals surface area contributed by atoms with Crippen LogP contribution in [0.3, 0.4) is 0 Å². The Labute approximate surface area is 79.0 Å². The van der Waals surface area contributed by atoms with Crippen molar-refractivity contribution < 1.29 is 4.42 Å². The van der Waals surface area contributed by atoms with Gasteiger partial charge in [0.15, 0.2) is 0 Å². The molecule has 2 heterocycles. The van der Waals surface area contributed by atoms with E-state index in [2.05, 4.69) is 4.98 Å². The molecule has 0 spiro atoms. The predicted molar refractivity (Wildman–Crippen MR) is 54.3 cm³/mol. The van der Waals surface area contributed by atoms with Gasteiger partial charge >= 0.3 is 0 Å². The molecule has 1 N–H and O–H groups in total. The highest BCUT2D eigenvalue weighted by molar-refractivity contribution is 6.04. The van der Waals surface area contributed by atoms with Crippen LogP contribution in [0.5, 0.6) is 0 Å². The second kappa shape index (κ2) is 2.48. The molecule has 0 aliphatic rings. The lowest BCUT2D eigenvalue weighted by molar-refractivity contribution is 0.668. The quantitative estimate of drug-likeness (QED) is 0.584. The zero-order valence-electron chi connectivity index (χ0n) is 7.28. The molecule has 0 unspecified atom stereocenters. The largest absolute Gasteiger partial charge is 0.456 e. The van der Waals surface area contributed by atoms with E-state index in [1.54, 1.807) is 12.3 Å². The molecule has 0 bridgehead atoms. The maximum Gasteiger partial charge on any atom is 0.259 e. The van der Waals surface area contributed by atoms with Crippen molar-refractivity contribution in [3.63, 3.8) is 0 Å². The summed E-state index contributed by atoms with van der Waals surface area (Å²) < 4.78 is 5.51. The molecule has 3 heteroatoms. The maximum atomic E-state index is 11.5. The van der Waals surface area contributed by atoms with E-state index in [0.717, 1.165) is 11.0 Å². The molecule has 0 aliphatic carbocycles. The molecule has 2 aromatic heterocycles. The van der Waals surface area contributed by atoms with Crippen molar-refractivity contribution >= 4 is 21.9 Å². The highest BCUT2D eigenvalue weighted by atomic mass is 16.3. The van der Waals surface area contributed by atoms with Crippen LogP contribution >= 0.6 is 0 Å². The number of furan rings is 1. The fourth-order valence-electron chi connectivity index (χ4n) is 1.68. The van der Waals surface area contributed by atoms with E-state index in [0.29, 0.717) is 11.0 Å². The van der Waals surface area contributed by atoms with Crippen LogP contribution in [-0.2, 0) is 0 Å². The molecule has 0 radical (unpaired) electrons. The van der Waals surface area contributed by atoms with E-state index in [-0.39, 0.29) is 5.56 Å².